The predicted molar refractivity (Wildman–Crippen MR) is 108 cm³/mol. The third-order valence-corrected chi connectivity index (χ3v) is 4.97. The van der Waals surface area contributed by atoms with Crippen molar-refractivity contribution in [2.45, 2.75) is 6.04 Å². The Kier molecular flexibility index (Phi) is 4.86. The Labute approximate surface area is 171 Å². The van der Waals surface area contributed by atoms with Gasteiger partial charge in [-0.3, -0.25) is 14.5 Å². The highest BCUT2D eigenvalue weighted by atomic mass is 35.5. The number of hydrogen-bond acceptors (Lipinski definition) is 5. The highest BCUT2D eigenvalue weighted by Gasteiger charge is 2.49. The lowest BCUT2D eigenvalue weighted by Crippen LogP contribution is -2.29. The molecule has 0 saturated carbocycles. The smallest absolute Gasteiger partial charge is 0.300 e. The van der Waals surface area contributed by atoms with Gasteiger partial charge in [0.25, 0.3) is 11.7 Å². The van der Waals surface area contributed by atoms with Gasteiger partial charge in [0.05, 0.1) is 24.6 Å². The van der Waals surface area contributed by atoms with Crippen molar-refractivity contribution in [2.75, 3.05) is 12.0 Å². The van der Waals surface area contributed by atoms with Gasteiger partial charge >= 0.3 is 0 Å². The number of benzene rings is 2. The van der Waals surface area contributed by atoms with Gasteiger partial charge in [-0.15, -0.1) is 0 Å². The Morgan fingerprint density at radius 2 is 1.79 bits per heavy atom. The molecular formula is C22H16ClNO5. The first-order valence-corrected chi connectivity index (χ1v) is 9.14. The third-order valence-electron chi connectivity index (χ3n) is 4.72. The summed E-state index contributed by atoms with van der Waals surface area (Å²) in [4.78, 5) is 27.2. The zero-order chi connectivity index (χ0) is 20.5. The van der Waals surface area contributed by atoms with Gasteiger partial charge in [-0.05, 0) is 48.5 Å². The van der Waals surface area contributed by atoms with Gasteiger partial charge in [-0.25, -0.2) is 0 Å². The predicted octanol–water partition coefficient (Wildman–Crippen LogP) is 4.57. The van der Waals surface area contributed by atoms with Gasteiger partial charge in [-0.1, -0.05) is 23.7 Å². The fourth-order valence-electron chi connectivity index (χ4n) is 3.39. The van der Waals surface area contributed by atoms with E-state index < -0.39 is 17.7 Å². The van der Waals surface area contributed by atoms with Crippen molar-refractivity contribution in [1.82, 2.24) is 0 Å². The molecular weight excluding hydrogens is 394 g/mol. The molecule has 1 aliphatic heterocycles. The molecule has 1 atom stereocenters. The average molecular weight is 410 g/mol. The van der Waals surface area contributed by atoms with Crippen LogP contribution >= 0.6 is 11.6 Å². The molecule has 1 aliphatic rings. The third kappa shape index (κ3) is 3.17. The van der Waals surface area contributed by atoms with E-state index in [2.05, 4.69) is 0 Å². The van der Waals surface area contributed by atoms with Crippen LogP contribution in [0.2, 0.25) is 5.02 Å². The fourth-order valence-corrected chi connectivity index (χ4v) is 3.52. The van der Waals surface area contributed by atoms with Crippen molar-refractivity contribution in [3.05, 3.63) is 88.8 Å². The van der Waals surface area contributed by atoms with Crippen LogP contribution in [-0.2, 0) is 9.59 Å². The molecule has 1 unspecified atom stereocenters. The summed E-state index contributed by atoms with van der Waals surface area (Å²) in [6.45, 7) is 0. The van der Waals surface area contributed by atoms with Crippen molar-refractivity contribution in [3.63, 3.8) is 0 Å². The van der Waals surface area contributed by atoms with Crippen LogP contribution in [-0.4, -0.2) is 23.9 Å². The monoisotopic (exact) mass is 409 g/mol. The van der Waals surface area contributed by atoms with Crippen LogP contribution in [0.4, 0.5) is 5.69 Å². The number of hydrogen-bond donors (Lipinski definition) is 1. The van der Waals surface area contributed by atoms with Gasteiger partial charge in [0.15, 0.2) is 0 Å². The number of furan rings is 1. The van der Waals surface area contributed by atoms with Crippen molar-refractivity contribution in [1.29, 1.82) is 0 Å². The maximum Gasteiger partial charge on any atom is 0.300 e. The first kappa shape index (κ1) is 18.8. The van der Waals surface area contributed by atoms with E-state index in [0.717, 1.165) is 0 Å². The van der Waals surface area contributed by atoms with Gasteiger partial charge < -0.3 is 14.3 Å². The molecule has 1 aromatic heterocycles. The summed E-state index contributed by atoms with van der Waals surface area (Å²) >= 11 is 5.92. The minimum atomic E-state index is -0.947. The van der Waals surface area contributed by atoms with Crippen LogP contribution in [0.15, 0.2) is 76.9 Å². The fraction of sp³-hybridized carbons (Fsp3) is 0.0909. The first-order valence-electron chi connectivity index (χ1n) is 8.76. The molecule has 0 radical (unpaired) electrons. The molecule has 0 bridgehead atoms. The number of halogens is 1. The molecule has 4 rings (SSSR count). The van der Waals surface area contributed by atoms with Crippen LogP contribution < -0.4 is 9.64 Å². The number of para-hydroxylation sites is 2. The molecule has 1 saturated heterocycles. The number of methoxy groups -OCH3 is 1. The van der Waals surface area contributed by atoms with Gasteiger partial charge in [0.2, 0.25) is 0 Å². The Morgan fingerprint density at radius 3 is 2.45 bits per heavy atom. The summed E-state index contributed by atoms with van der Waals surface area (Å²) in [7, 11) is 1.48. The highest BCUT2D eigenvalue weighted by Crippen LogP contribution is 2.44. The molecule has 0 aliphatic carbocycles. The minimum Gasteiger partial charge on any atom is -0.507 e. The van der Waals surface area contributed by atoms with Crippen LogP contribution in [0.1, 0.15) is 17.4 Å². The van der Waals surface area contributed by atoms with E-state index in [-0.39, 0.29) is 11.3 Å². The second kappa shape index (κ2) is 7.48. The molecule has 6 nitrogen and oxygen atoms in total. The Balaban J connectivity index is 1.94. The van der Waals surface area contributed by atoms with E-state index in [1.54, 1.807) is 60.7 Å². The SMILES string of the molecule is COc1ccccc1N1C(=O)C(=O)/C(=C(\O)c2ccc(Cl)cc2)C1c1ccco1. The van der Waals surface area contributed by atoms with Crippen LogP contribution in [0.5, 0.6) is 5.75 Å². The molecule has 1 fully saturated rings. The largest absolute Gasteiger partial charge is 0.507 e. The zero-order valence-corrected chi connectivity index (χ0v) is 16.1. The standard InChI is InChI=1S/C22H16ClNO5/c1-28-16-6-3-2-5-15(16)24-19(17-7-4-12-29-17)18(21(26)22(24)27)20(25)13-8-10-14(23)11-9-13/h2-12,19,25H,1H3/b20-18-. The number of Topliss-reactive ketones (excluding diaryl/α,β-unsaturated/α-hetero) is 1. The number of aliphatic hydroxyl groups is 1. The van der Waals surface area contributed by atoms with Crippen molar-refractivity contribution >= 4 is 34.7 Å². The number of anilines is 1. The number of amides is 1. The molecule has 7 heteroatoms. The maximum atomic E-state index is 13.0. The van der Waals surface area contributed by atoms with Gasteiger partial charge in [0.1, 0.15) is 23.3 Å². The summed E-state index contributed by atoms with van der Waals surface area (Å²) < 4.78 is 10.9. The summed E-state index contributed by atoms with van der Waals surface area (Å²) in [5.41, 5.74) is 0.691. The quantitative estimate of drug-likeness (QED) is 0.388. The number of carbonyl (C=O) groups excluding carboxylic acids is 2. The summed E-state index contributed by atoms with van der Waals surface area (Å²) in [6.07, 6.45) is 1.44. The molecule has 3 aromatic rings. The van der Waals surface area contributed by atoms with E-state index >= 15 is 0 Å². The van der Waals surface area contributed by atoms with Crippen molar-refractivity contribution < 1.29 is 23.8 Å². The van der Waals surface area contributed by atoms with E-state index in [1.807, 2.05) is 0 Å². The molecule has 2 aromatic carbocycles. The summed E-state index contributed by atoms with van der Waals surface area (Å²) in [5.74, 6) is -1.15. The summed E-state index contributed by atoms with van der Waals surface area (Å²) in [5, 5.41) is 11.4. The zero-order valence-electron chi connectivity index (χ0n) is 15.3. The topological polar surface area (TPSA) is 80.0 Å². The first-order chi connectivity index (χ1) is 14.0. The molecule has 0 spiro atoms. The lowest BCUT2D eigenvalue weighted by Gasteiger charge is -2.24. The number of nitrogens with zero attached hydrogens (tertiary/aromatic N) is 1. The average Bonchev–Trinajstić information content (AvgIpc) is 3.35. The van der Waals surface area contributed by atoms with E-state index in [1.165, 1.54) is 18.3 Å². The molecule has 1 N–H and O–H groups in total. The number of carbonyl (C=O) groups is 2. The van der Waals surface area contributed by atoms with E-state index in [0.29, 0.717) is 27.8 Å². The van der Waals surface area contributed by atoms with Gasteiger partial charge in [-0.2, -0.15) is 0 Å². The minimum absolute atomic E-state index is 0.0711. The lowest BCUT2D eigenvalue weighted by atomic mass is 9.99. The number of rotatable bonds is 4. The van der Waals surface area contributed by atoms with Crippen molar-refractivity contribution in [2.24, 2.45) is 0 Å². The number of ketones is 1. The Morgan fingerprint density at radius 1 is 1.07 bits per heavy atom. The normalized spacial score (nSPS) is 18.3. The Bertz CT molecular complexity index is 1100. The second-order valence-electron chi connectivity index (χ2n) is 6.36. The van der Waals surface area contributed by atoms with Crippen LogP contribution in [0.25, 0.3) is 5.76 Å². The molecule has 29 heavy (non-hydrogen) atoms. The summed E-state index contributed by atoms with van der Waals surface area (Å²) in [6, 6.07) is 15.5. The maximum absolute atomic E-state index is 13.0. The number of ether oxygens (including phenoxy) is 1. The highest BCUT2D eigenvalue weighted by molar-refractivity contribution is 6.51. The van der Waals surface area contributed by atoms with Gasteiger partial charge in [0, 0.05) is 10.6 Å². The molecule has 1 amide bonds. The molecule has 2 heterocycles. The molecule has 146 valence electrons. The van der Waals surface area contributed by atoms with E-state index in [9.17, 15) is 14.7 Å². The Hall–Kier alpha value is -3.51. The lowest BCUT2D eigenvalue weighted by molar-refractivity contribution is -0.132. The van der Waals surface area contributed by atoms with E-state index in [4.69, 9.17) is 20.8 Å². The van der Waals surface area contributed by atoms with Crippen LogP contribution in [0, 0.1) is 0 Å². The van der Waals surface area contributed by atoms with Crippen molar-refractivity contribution in [3.8, 4) is 5.75 Å². The van der Waals surface area contributed by atoms with Crippen LogP contribution in [0.3, 0.4) is 0 Å². The number of aliphatic hydroxyl groups excluding tert-OH is 1. The second-order valence-corrected chi connectivity index (χ2v) is 6.80.